The molecule has 1 aromatic carbocycles. The van der Waals surface area contributed by atoms with Crippen molar-refractivity contribution in [3.05, 3.63) is 40.5 Å². The Morgan fingerprint density at radius 2 is 2.25 bits per heavy atom. The number of aromatic nitrogens is 2. The summed E-state index contributed by atoms with van der Waals surface area (Å²) >= 11 is 6.17. The molecule has 0 amide bonds. The van der Waals surface area contributed by atoms with Crippen LogP contribution in [-0.4, -0.2) is 16.7 Å². The van der Waals surface area contributed by atoms with Gasteiger partial charge < -0.3 is 15.0 Å². The van der Waals surface area contributed by atoms with Gasteiger partial charge >= 0.3 is 0 Å². The summed E-state index contributed by atoms with van der Waals surface area (Å²) in [7, 11) is 0. The normalized spacial score (nSPS) is 14.5. The van der Waals surface area contributed by atoms with E-state index in [4.69, 9.17) is 26.6 Å². The lowest BCUT2D eigenvalue weighted by atomic mass is 10.1. The van der Waals surface area contributed by atoms with E-state index in [1.54, 1.807) is 6.07 Å². The van der Waals surface area contributed by atoms with E-state index >= 15 is 0 Å². The molecular formula is C14H16ClN3O2. The smallest absolute Gasteiger partial charge is 0.229 e. The van der Waals surface area contributed by atoms with E-state index in [-0.39, 0.29) is 6.61 Å². The first-order valence-corrected chi connectivity index (χ1v) is 7.08. The predicted molar refractivity (Wildman–Crippen MR) is 74.8 cm³/mol. The van der Waals surface area contributed by atoms with E-state index in [0.717, 1.165) is 24.8 Å². The fourth-order valence-corrected chi connectivity index (χ4v) is 2.28. The first kappa shape index (κ1) is 13.4. The van der Waals surface area contributed by atoms with E-state index in [9.17, 15) is 0 Å². The topological polar surface area (TPSA) is 74.2 Å². The van der Waals surface area contributed by atoms with Crippen LogP contribution in [0.25, 0.3) is 0 Å². The van der Waals surface area contributed by atoms with Crippen LogP contribution >= 0.6 is 11.6 Å². The molecule has 1 aromatic heterocycles. The first-order chi connectivity index (χ1) is 9.78. The van der Waals surface area contributed by atoms with Crippen LogP contribution in [0, 0.1) is 0 Å². The van der Waals surface area contributed by atoms with Crippen molar-refractivity contribution in [1.29, 1.82) is 0 Å². The average molecular weight is 294 g/mol. The number of rotatable bonds is 6. The van der Waals surface area contributed by atoms with Gasteiger partial charge in [-0.1, -0.05) is 28.9 Å². The van der Waals surface area contributed by atoms with Gasteiger partial charge in [0.2, 0.25) is 11.7 Å². The second kappa shape index (κ2) is 5.81. The van der Waals surface area contributed by atoms with Crippen LogP contribution in [0.4, 0.5) is 0 Å². The van der Waals surface area contributed by atoms with Crippen LogP contribution in [-0.2, 0) is 13.0 Å². The fourth-order valence-electron chi connectivity index (χ4n) is 2.03. The Kier molecular flexibility index (Phi) is 3.89. The van der Waals surface area contributed by atoms with Gasteiger partial charge in [-0.3, -0.25) is 0 Å². The molecule has 1 saturated carbocycles. The molecule has 3 rings (SSSR count). The number of halogens is 1. The lowest BCUT2D eigenvalue weighted by molar-refractivity contribution is 0.282. The van der Waals surface area contributed by atoms with Gasteiger partial charge in [0.25, 0.3) is 0 Å². The SMILES string of the molecule is NCCc1cccc(Cl)c1OCc1noc(C2CC2)n1. The molecule has 2 N–H and O–H groups in total. The second-order valence-electron chi connectivity index (χ2n) is 4.88. The molecule has 1 heterocycles. The number of nitrogens with zero attached hydrogens (tertiary/aromatic N) is 2. The molecule has 0 unspecified atom stereocenters. The molecule has 20 heavy (non-hydrogen) atoms. The maximum absolute atomic E-state index is 6.17. The number of benzene rings is 1. The van der Waals surface area contributed by atoms with Crippen LogP contribution in [0.15, 0.2) is 22.7 Å². The van der Waals surface area contributed by atoms with E-state index in [2.05, 4.69) is 10.1 Å². The van der Waals surface area contributed by atoms with Gasteiger partial charge in [-0.25, -0.2) is 0 Å². The molecule has 0 spiro atoms. The van der Waals surface area contributed by atoms with Crippen molar-refractivity contribution < 1.29 is 9.26 Å². The highest BCUT2D eigenvalue weighted by atomic mass is 35.5. The van der Waals surface area contributed by atoms with E-state index in [1.807, 2.05) is 12.1 Å². The summed E-state index contributed by atoms with van der Waals surface area (Å²) in [6, 6.07) is 5.64. The molecule has 0 radical (unpaired) electrons. The molecule has 0 aliphatic heterocycles. The van der Waals surface area contributed by atoms with Crippen molar-refractivity contribution >= 4 is 11.6 Å². The third kappa shape index (κ3) is 2.94. The molecular weight excluding hydrogens is 278 g/mol. The molecule has 2 aromatic rings. The molecule has 1 aliphatic carbocycles. The molecule has 1 aliphatic rings. The standard InChI is InChI=1S/C14H16ClN3O2/c15-11-3-1-2-9(6-7-16)13(11)19-8-12-17-14(20-18-12)10-4-5-10/h1-3,10H,4-8,16H2. The van der Waals surface area contributed by atoms with Crippen molar-refractivity contribution in [2.24, 2.45) is 5.73 Å². The Labute approximate surface area is 122 Å². The Hall–Kier alpha value is -1.59. The molecule has 0 saturated heterocycles. The van der Waals surface area contributed by atoms with Gasteiger partial charge in [-0.15, -0.1) is 0 Å². The zero-order chi connectivity index (χ0) is 13.9. The molecule has 106 valence electrons. The summed E-state index contributed by atoms with van der Waals surface area (Å²) in [6.45, 7) is 0.794. The van der Waals surface area contributed by atoms with Crippen LogP contribution in [0.3, 0.4) is 0 Å². The molecule has 0 bridgehead atoms. The largest absolute Gasteiger partial charge is 0.484 e. The minimum Gasteiger partial charge on any atom is -0.484 e. The number of hydrogen-bond acceptors (Lipinski definition) is 5. The summed E-state index contributed by atoms with van der Waals surface area (Å²) in [6.07, 6.45) is 2.98. The number of ether oxygens (including phenoxy) is 1. The van der Waals surface area contributed by atoms with E-state index in [0.29, 0.717) is 34.9 Å². The Morgan fingerprint density at radius 1 is 1.40 bits per heavy atom. The number of hydrogen-bond donors (Lipinski definition) is 1. The summed E-state index contributed by atoms with van der Waals surface area (Å²) in [5.41, 5.74) is 6.58. The summed E-state index contributed by atoms with van der Waals surface area (Å²) < 4.78 is 10.9. The van der Waals surface area contributed by atoms with E-state index in [1.165, 1.54) is 0 Å². The van der Waals surface area contributed by atoms with Crippen LogP contribution < -0.4 is 10.5 Å². The monoisotopic (exact) mass is 293 g/mol. The van der Waals surface area contributed by atoms with Gasteiger partial charge in [0, 0.05) is 5.92 Å². The third-order valence-corrected chi connectivity index (χ3v) is 3.52. The van der Waals surface area contributed by atoms with E-state index < -0.39 is 0 Å². The Bertz CT molecular complexity index is 596. The van der Waals surface area contributed by atoms with Crippen LogP contribution in [0.2, 0.25) is 5.02 Å². The molecule has 6 heteroatoms. The lowest BCUT2D eigenvalue weighted by Crippen LogP contribution is -2.06. The van der Waals surface area contributed by atoms with Crippen molar-refractivity contribution in [3.63, 3.8) is 0 Å². The minimum absolute atomic E-state index is 0.248. The summed E-state index contributed by atoms with van der Waals surface area (Å²) in [4.78, 5) is 4.32. The second-order valence-corrected chi connectivity index (χ2v) is 5.29. The average Bonchev–Trinajstić information content (AvgIpc) is 3.18. The van der Waals surface area contributed by atoms with Crippen LogP contribution in [0.5, 0.6) is 5.75 Å². The Balaban J connectivity index is 1.70. The first-order valence-electron chi connectivity index (χ1n) is 6.70. The van der Waals surface area contributed by atoms with Gasteiger partial charge in [0.15, 0.2) is 6.61 Å². The van der Waals surface area contributed by atoms with Crippen molar-refractivity contribution in [2.45, 2.75) is 31.8 Å². The predicted octanol–water partition coefficient (Wildman–Crippen LogP) is 2.68. The highest BCUT2D eigenvalue weighted by Crippen LogP contribution is 2.39. The zero-order valence-electron chi connectivity index (χ0n) is 11.0. The van der Waals surface area contributed by atoms with Gasteiger partial charge in [-0.2, -0.15) is 4.98 Å². The zero-order valence-corrected chi connectivity index (χ0v) is 11.8. The quantitative estimate of drug-likeness (QED) is 0.886. The van der Waals surface area contributed by atoms with Gasteiger partial charge in [-0.05, 0) is 37.4 Å². The van der Waals surface area contributed by atoms with Crippen molar-refractivity contribution in [1.82, 2.24) is 10.1 Å². The van der Waals surface area contributed by atoms with Gasteiger partial charge in [0.05, 0.1) is 5.02 Å². The molecule has 1 fully saturated rings. The van der Waals surface area contributed by atoms with Crippen molar-refractivity contribution in [2.75, 3.05) is 6.54 Å². The maximum atomic E-state index is 6.17. The number of para-hydroxylation sites is 1. The molecule has 5 nitrogen and oxygen atoms in total. The van der Waals surface area contributed by atoms with Crippen molar-refractivity contribution in [3.8, 4) is 5.75 Å². The highest BCUT2D eigenvalue weighted by Gasteiger charge is 2.29. The molecule has 0 atom stereocenters. The number of nitrogens with two attached hydrogens (primary N) is 1. The highest BCUT2D eigenvalue weighted by molar-refractivity contribution is 6.32. The maximum Gasteiger partial charge on any atom is 0.229 e. The summed E-state index contributed by atoms with van der Waals surface area (Å²) in [5.74, 6) is 2.36. The Morgan fingerprint density at radius 3 is 3.00 bits per heavy atom. The lowest BCUT2D eigenvalue weighted by Gasteiger charge is -2.11. The van der Waals surface area contributed by atoms with Crippen LogP contribution in [0.1, 0.15) is 36.0 Å². The van der Waals surface area contributed by atoms with Gasteiger partial charge in [0.1, 0.15) is 5.75 Å². The summed E-state index contributed by atoms with van der Waals surface area (Å²) in [5, 5.41) is 4.49. The fraction of sp³-hybridized carbons (Fsp3) is 0.429. The third-order valence-electron chi connectivity index (χ3n) is 3.22. The minimum atomic E-state index is 0.248.